The summed E-state index contributed by atoms with van der Waals surface area (Å²) in [6.07, 6.45) is 1.62. The van der Waals surface area contributed by atoms with Gasteiger partial charge in [0.05, 0.1) is 0 Å². The van der Waals surface area contributed by atoms with Crippen molar-refractivity contribution in [3.8, 4) is 5.75 Å². The van der Waals surface area contributed by atoms with Crippen molar-refractivity contribution in [3.63, 3.8) is 0 Å². The zero-order valence-corrected chi connectivity index (χ0v) is 7.09. The van der Waals surface area contributed by atoms with E-state index < -0.39 is 0 Å². The molecule has 0 radical (unpaired) electrons. The van der Waals surface area contributed by atoms with Crippen molar-refractivity contribution in [2.75, 3.05) is 7.05 Å². The molecule has 1 aromatic carbocycles. The predicted octanol–water partition coefficient (Wildman–Crippen LogP) is 1.44. The average Bonchev–Trinajstić information content (AvgIpc) is 1.94. The molecule has 2 nitrogen and oxygen atoms in total. The third kappa shape index (κ3) is 2.73. The molecular weight excluding hydrogens is 185 g/mol. The number of hydrogen-bond donors (Lipinski definition) is 1. The molecule has 1 N–H and O–H groups in total. The summed E-state index contributed by atoms with van der Waals surface area (Å²) in [5.74, 6) is 0.271. The van der Waals surface area contributed by atoms with Crippen LogP contribution in [0.3, 0.4) is 0 Å². The van der Waals surface area contributed by atoms with Crippen LogP contribution in [0.5, 0.6) is 5.75 Å². The fourth-order valence-electron chi connectivity index (χ4n) is 0.736. The van der Waals surface area contributed by atoms with Crippen LogP contribution in [-0.2, 0) is 16.5 Å². The first kappa shape index (κ1) is 10.2. The first-order valence-corrected chi connectivity index (χ1v) is 3.05. The molecule has 0 amide bonds. The summed E-state index contributed by atoms with van der Waals surface area (Å²) in [4.78, 5) is 3.78. The van der Waals surface area contributed by atoms with E-state index in [4.69, 9.17) is 5.11 Å². The van der Waals surface area contributed by atoms with E-state index in [9.17, 15) is 0 Å². The molecule has 0 spiro atoms. The number of phenols is 1. The van der Waals surface area contributed by atoms with E-state index in [0.717, 1.165) is 5.56 Å². The van der Waals surface area contributed by atoms with Gasteiger partial charge in [-0.15, -0.1) is 0 Å². The second-order valence-corrected chi connectivity index (χ2v) is 1.95. The van der Waals surface area contributed by atoms with Crippen LogP contribution in [0, 0.1) is 0 Å². The van der Waals surface area contributed by atoms with Crippen molar-refractivity contribution in [2.45, 2.75) is 0 Å². The number of para-hydroxylation sites is 1. The van der Waals surface area contributed by atoms with E-state index in [0.29, 0.717) is 0 Å². The van der Waals surface area contributed by atoms with Gasteiger partial charge in [0.25, 0.3) is 0 Å². The summed E-state index contributed by atoms with van der Waals surface area (Å²) in [7, 11) is 1.67. The Morgan fingerprint density at radius 1 is 1.36 bits per heavy atom. The molecule has 0 aliphatic rings. The zero-order chi connectivity index (χ0) is 7.40. The Hall–Kier alpha value is -0.816. The zero-order valence-electron chi connectivity index (χ0n) is 6.10. The second kappa shape index (κ2) is 4.92. The van der Waals surface area contributed by atoms with Crippen LogP contribution in [0.25, 0.3) is 0 Å². The number of aliphatic imine (C=N–C) groups is 1. The van der Waals surface area contributed by atoms with Crippen molar-refractivity contribution >= 4 is 6.21 Å². The predicted molar refractivity (Wildman–Crippen MR) is 41.6 cm³/mol. The van der Waals surface area contributed by atoms with Crippen molar-refractivity contribution in [2.24, 2.45) is 4.99 Å². The Morgan fingerprint density at radius 2 is 2.00 bits per heavy atom. The first-order chi connectivity index (χ1) is 4.84. The van der Waals surface area contributed by atoms with E-state index in [1.54, 1.807) is 25.4 Å². The number of nitrogens with zero attached hydrogens (tertiary/aromatic N) is 1. The number of rotatable bonds is 1. The molecule has 0 heterocycles. The van der Waals surface area contributed by atoms with Gasteiger partial charge in [-0.3, -0.25) is 4.99 Å². The van der Waals surface area contributed by atoms with Gasteiger partial charge >= 0.3 is 0 Å². The molecule has 0 saturated carbocycles. The van der Waals surface area contributed by atoms with E-state index in [1.807, 2.05) is 12.1 Å². The third-order valence-electron chi connectivity index (χ3n) is 1.20. The van der Waals surface area contributed by atoms with Crippen LogP contribution >= 0.6 is 0 Å². The molecule has 1 rings (SSSR count). The smallest absolute Gasteiger partial charge is 0.124 e. The fourth-order valence-corrected chi connectivity index (χ4v) is 0.736. The van der Waals surface area contributed by atoms with E-state index in [2.05, 4.69) is 4.99 Å². The molecule has 0 fully saturated rings. The molecule has 3 heteroatoms. The Morgan fingerprint density at radius 3 is 2.55 bits per heavy atom. The number of benzene rings is 1. The van der Waals surface area contributed by atoms with Gasteiger partial charge in [0.15, 0.2) is 0 Å². The monoisotopic (exact) mass is 193 g/mol. The molecular formula is C8H9NNiO. The largest absolute Gasteiger partial charge is 0.507 e. The standard InChI is InChI=1S/C8H9NO.Ni/c1-9-6-7-4-2-3-5-8(7)10;/h2-6,10H,1H3;. The van der Waals surface area contributed by atoms with Gasteiger partial charge in [0, 0.05) is 35.3 Å². The molecule has 1 aromatic rings. The summed E-state index contributed by atoms with van der Waals surface area (Å²) in [6, 6.07) is 7.08. The molecule has 0 bridgehead atoms. The van der Waals surface area contributed by atoms with Crippen LogP contribution in [0.2, 0.25) is 0 Å². The first-order valence-electron chi connectivity index (χ1n) is 3.05. The van der Waals surface area contributed by atoms with Crippen LogP contribution in [0.4, 0.5) is 0 Å². The number of hydrogen-bond acceptors (Lipinski definition) is 2. The minimum absolute atomic E-state index is 0. The SMILES string of the molecule is CN=Cc1ccccc1O.[Ni]. The van der Waals surface area contributed by atoms with Crippen molar-refractivity contribution in [1.82, 2.24) is 0 Å². The quantitative estimate of drug-likeness (QED) is 0.532. The van der Waals surface area contributed by atoms with E-state index in [-0.39, 0.29) is 22.2 Å². The van der Waals surface area contributed by atoms with Crippen LogP contribution < -0.4 is 0 Å². The number of aromatic hydroxyl groups is 1. The topological polar surface area (TPSA) is 32.6 Å². The van der Waals surface area contributed by atoms with Crippen molar-refractivity contribution in [1.29, 1.82) is 0 Å². The second-order valence-electron chi connectivity index (χ2n) is 1.95. The molecule has 0 unspecified atom stereocenters. The Balaban J connectivity index is 0.000001000. The summed E-state index contributed by atoms with van der Waals surface area (Å²) < 4.78 is 0. The summed E-state index contributed by atoms with van der Waals surface area (Å²) in [6.45, 7) is 0. The van der Waals surface area contributed by atoms with E-state index in [1.165, 1.54) is 0 Å². The average molecular weight is 194 g/mol. The minimum Gasteiger partial charge on any atom is -0.507 e. The molecule has 0 saturated heterocycles. The maximum Gasteiger partial charge on any atom is 0.124 e. The van der Waals surface area contributed by atoms with Gasteiger partial charge in [0.2, 0.25) is 0 Å². The molecule has 62 valence electrons. The Labute approximate surface area is 75.9 Å². The Kier molecular flexibility index (Phi) is 4.55. The van der Waals surface area contributed by atoms with Gasteiger partial charge < -0.3 is 5.11 Å². The van der Waals surface area contributed by atoms with Gasteiger partial charge in [0.1, 0.15) is 5.75 Å². The fraction of sp³-hybridized carbons (Fsp3) is 0.125. The summed E-state index contributed by atoms with van der Waals surface area (Å²) in [5, 5.41) is 9.15. The van der Waals surface area contributed by atoms with Crippen molar-refractivity contribution in [3.05, 3.63) is 29.8 Å². The summed E-state index contributed by atoms with van der Waals surface area (Å²) >= 11 is 0. The van der Waals surface area contributed by atoms with Crippen LogP contribution in [-0.4, -0.2) is 18.4 Å². The Bertz CT molecular complexity index is 248. The normalized spacial score (nSPS) is 9.55. The summed E-state index contributed by atoms with van der Waals surface area (Å²) in [5.41, 5.74) is 0.755. The van der Waals surface area contributed by atoms with Gasteiger partial charge in [-0.25, -0.2) is 0 Å². The molecule has 0 aliphatic heterocycles. The minimum atomic E-state index is 0. The van der Waals surface area contributed by atoms with Gasteiger partial charge in [-0.1, -0.05) is 12.1 Å². The van der Waals surface area contributed by atoms with Gasteiger partial charge in [-0.2, -0.15) is 0 Å². The third-order valence-corrected chi connectivity index (χ3v) is 1.20. The van der Waals surface area contributed by atoms with Crippen LogP contribution in [0.1, 0.15) is 5.56 Å². The maximum atomic E-state index is 9.15. The molecule has 0 aromatic heterocycles. The van der Waals surface area contributed by atoms with Crippen LogP contribution in [0.15, 0.2) is 29.3 Å². The number of phenolic OH excluding ortho intramolecular Hbond substituents is 1. The molecule has 11 heavy (non-hydrogen) atoms. The van der Waals surface area contributed by atoms with Gasteiger partial charge in [-0.05, 0) is 12.1 Å². The molecule has 0 aliphatic carbocycles. The van der Waals surface area contributed by atoms with E-state index >= 15 is 0 Å². The molecule has 0 atom stereocenters. The maximum absolute atomic E-state index is 9.15. The van der Waals surface area contributed by atoms with Crippen molar-refractivity contribution < 1.29 is 21.6 Å².